The lowest BCUT2D eigenvalue weighted by Crippen LogP contribution is -1.94. The zero-order chi connectivity index (χ0) is 7.98. The zero-order valence-corrected chi connectivity index (χ0v) is 6.66. The number of allylic oxidation sites excluding steroid dienone is 2. The summed E-state index contributed by atoms with van der Waals surface area (Å²) in [6, 6.07) is 0. The van der Waals surface area contributed by atoms with Gasteiger partial charge in [-0.25, -0.2) is 0 Å². The Hall–Kier alpha value is -0.920. The summed E-state index contributed by atoms with van der Waals surface area (Å²) < 4.78 is 5.08. The van der Waals surface area contributed by atoms with Gasteiger partial charge < -0.3 is 9.84 Å². The number of ether oxygens (including phenoxy) is 1. The molecule has 0 radical (unpaired) electrons. The van der Waals surface area contributed by atoms with Crippen LogP contribution in [0.1, 0.15) is 20.8 Å². The zero-order valence-electron chi connectivity index (χ0n) is 6.66. The summed E-state index contributed by atoms with van der Waals surface area (Å²) in [5.41, 5.74) is 0.778. The average Bonchev–Trinajstić information content (AvgIpc) is 1.87. The molecule has 2 heteroatoms. The van der Waals surface area contributed by atoms with Gasteiger partial charge in [-0.15, -0.1) is 0 Å². The molecule has 0 spiro atoms. The Morgan fingerprint density at radius 3 is 2.50 bits per heavy atom. The van der Waals surface area contributed by atoms with Crippen molar-refractivity contribution in [2.24, 2.45) is 0 Å². The van der Waals surface area contributed by atoms with E-state index in [1.165, 1.54) is 0 Å². The fourth-order valence-electron chi connectivity index (χ4n) is 0.347. The minimum Gasteiger partial charge on any atom is -0.515 e. The van der Waals surface area contributed by atoms with Gasteiger partial charge in [0.05, 0.1) is 18.6 Å². The van der Waals surface area contributed by atoms with E-state index < -0.39 is 0 Å². The molecule has 0 saturated carbocycles. The Labute approximate surface area is 61.8 Å². The van der Waals surface area contributed by atoms with E-state index in [9.17, 15) is 0 Å². The molecule has 58 valence electrons. The molecule has 0 aliphatic heterocycles. The fraction of sp³-hybridized carbons (Fsp3) is 0.500. The maximum atomic E-state index is 8.43. The van der Waals surface area contributed by atoms with Crippen LogP contribution in [-0.2, 0) is 4.74 Å². The standard InChI is InChI=1S/C8H14O2/c1-7(2)10-5-4-8(3)6-9/h4-7,9H,1-3H3. The van der Waals surface area contributed by atoms with Gasteiger partial charge in [0.15, 0.2) is 0 Å². The number of aliphatic hydroxyl groups is 1. The van der Waals surface area contributed by atoms with Crippen molar-refractivity contribution in [2.45, 2.75) is 26.9 Å². The number of hydrogen-bond acceptors (Lipinski definition) is 2. The summed E-state index contributed by atoms with van der Waals surface area (Å²) >= 11 is 0. The van der Waals surface area contributed by atoms with Crippen LogP contribution in [0, 0.1) is 0 Å². The first-order valence-corrected chi connectivity index (χ1v) is 3.29. The van der Waals surface area contributed by atoms with Crippen molar-refractivity contribution in [3.8, 4) is 0 Å². The lowest BCUT2D eigenvalue weighted by Gasteiger charge is -2.01. The third-order valence-electron chi connectivity index (χ3n) is 0.885. The van der Waals surface area contributed by atoms with Crippen LogP contribution >= 0.6 is 0 Å². The number of hydrogen-bond donors (Lipinski definition) is 1. The fourth-order valence-corrected chi connectivity index (χ4v) is 0.347. The average molecular weight is 142 g/mol. The molecule has 0 fully saturated rings. The summed E-state index contributed by atoms with van der Waals surface area (Å²) in [7, 11) is 0. The number of rotatable bonds is 3. The molecule has 0 heterocycles. The normalized spacial score (nSPS) is 13.0. The van der Waals surface area contributed by atoms with Crippen LogP contribution in [0.2, 0.25) is 0 Å². The van der Waals surface area contributed by atoms with Crippen molar-refractivity contribution in [3.63, 3.8) is 0 Å². The first kappa shape index (κ1) is 9.08. The molecule has 2 nitrogen and oxygen atoms in total. The molecule has 0 aromatic carbocycles. The first-order valence-electron chi connectivity index (χ1n) is 3.29. The van der Waals surface area contributed by atoms with E-state index in [2.05, 4.69) is 0 Å². The van der Waals surface area contributed by atoms with E-state index >= 15 is 0 Å². The maximum Gasteiger partial charge on any atom is 0.0922 e. The van der Waals surface area contributed by atoms with Crippen LogP contribution in [0.15, 0.2) is 24.2 Å². The molecule has 10 heavy (non-hydrogen) atoms. The van der Waals surface area contributed by atoms with E-state index in [1.54, 1.807) is 19.3 Å². The molecule has 0 rings (SSSR count). The van der Waals surface area contributed by atoms with Gasteiger partial charge in [-0.2, -0.15) is 0 Å². The van der Waals surface area contributed by atoms with Crippen LogP contribution < -0.4 is 0 Å². The third kappa shape index (κ3) is 5.22. The van der Waals surface area contributed by atoms with Crippen molar-refractivity contribution in [1.29, 1.82) is 0 Å². The highest BCUT2D eigenvalue weighted by molar-refractivity contribution is 5.10. The molecule has 0 aliphatic rings. The van der Waals surface area contributed by atoms with Gasteiger partial charge in [-0.1, -0.05) is 0 Å². The molecule has 0 aliphatic carbocycles. The molecule has 0 amide bonds. The van der Waals surface area contributed by atoms with E-state index in [0.29, 0.717) is 0 Å². The second kappa shape index (κ2) is 4.91. The van der Waals surface area contributed by atoms with Gasteiger partial charge in [-0.3, -0.25) is 0 Å². The van der Waals surface area contributed by atoms with Gasteiger partial charge in [-0.05, 0) is 32.4 Å². The highest BCUT2D eigenvalue weighted by Crippen LogP contribution is 1.94. The summed E-state index contributed by atoms with van der Waals surface area (Å²) in [6.45, 7) is 5.69. The van der Waals surface area contributed by atoms with Gasteiger partial charge >= 0.3 is 0 Å². The van der Waals surface area contributed by atoms with E-state index in [-0.39, 0.29) is 6.10 Å². The molecule has 1 N–H and O–H groups in total. The summed E-state index contributed by atoms with van der Waals surface area (Å²) in [6.07, 6.45) is 4.52. The van der Waals surface area contributed by atoms with Gasteiger partial charge in [0.25, 0.3) is 0 Å². The molecular formula is C8H14O2. The van der Waals surface area contributed by atoms with Crippen molar-refractivity contribution in [1.82, 2.24) is 0 Å². The number of aliphatic hydroxyl groups excluding tert-OH is 1. The largest absolute Gasteiger partial charge is 0.515 e. The molecule has 0 bridgehead atoms. The predicted molar refractivity (Wildman–Crippen MR) is 41.7 cm³/mol. The van der Waals surface area contributed by atoms with Crippen molar-refractivity contribution >= 4 is 0 Å². The van der Waals surface area contributed by atoms with Crippen LogP contribution in [0.25, 0.3) is 0 Å². The Bertz CT molecular complexity index is 134. The Morgan fingerprint density at radius 1 is 1.50 bits per heavy atom. The highest BCUT2D eigenvalue weighted by Gasteiger charge is 1.85. The SMILES string of the molecule is CC(C=COC(C)C)=CO. The first-order chi connectivity index (χ1) is 4.66. The smallest absolute Gasteiger partial charge is 0.0922 e. The van der Waals surface area contributed by atoms with Crippen LogP contribution in [0.3, 0.4) is 0 Å². The second-order valence-corrected chi connectivity index (χ2v) is 2.36. The molecule has 0 saturated heterocycles. The van der Waals surface area contributed by atoms with Crippen LogP contribution in [0.5, 0.6) is 0 Å². The third-order valence-corrected chi connectivity index (χ3v) is 0.885. The Morgan fingerprint density at radius 2 is 2.10 bits per heavy atom. The van der Waals surface area contributed by atoms with Crippen molar-refractivity contribution in [3.05, 3.63) is 24.2 Å². The molecule has 0 atom stereocenters. The molecular weight excluding hydrogens is 128 g/mol. The Kier molecular flexibility index (Phi) is 4.46. The highest BCUT2D eigenvalue weighted by atomic mass is 16.5. The molecule has 0 unspecified atom stereocenters. The van der Waals surface area contributed by atoms with Crippen molar-refractivity contribution in [2.75, 3.05) is 0 Å². The van der Waals surface area contributed by atoms with Gasteiger partial charge in [0.2, 0.25) is 0 Å². The summed E-state index contributed by atoms with van der Waals surface area (Å²) in [4.78, 5) is 0. The molecule has 0 aromatic rings. The van der Waals surface area contributed by atoms with Crippen molar-refractivity contribution < 1.29 is 9.84 Å². The van der Waals surface area contributed by atoms with E-state index in [0.717, 1.165) is 11.8 Å². The van der Waals surface area contributed by atoms with Crippen LogP contribution in [-0.4, -0.2) is 11.2 Å². The van der Waals surface area contributed by atoms with Crippen LogP contribution in [0.4, 0.5) is 0 Å². The van der Waals surface area contributed by atoms with Gasteiger partial charge in [0, 0.05) is 0 Å². The second-order valence-electron chi connectivity index (χ2n) is 2.36. The maximum absolute atomic E-state index is 8.43. The Balaban J connectivity index is 3.56. The summed E-state index contributed by atoms with van der Waals surface area (Å²) in [5.74, 6) is 0. The lowest BCUT2D eigenvalue weighted by atomic mass is 10.3. The lowest BCUT2D eigenvalue weighted by molar-refractivity contribution is 0.179. The minimum atomic E-state index is 0.197. The molecule has 0 aromatic heterocycles. The quantitative estimate of drug-likeness (QED) is 0.484. The van der Waals surface area contributed by atoms with E-state index in [4.69, 9.17) is 9.84 Å². The van der Waals surface area contributed by atoms with E-state index in [1.807, 2.05) is 13.8 Å². The summed E-state index contributed by atoms with van der Waals surface area (Å²) in [5, 5.41) is 8.43. The monoisotopic (exact) mass is 142 g/mol. The van der Waals surface area contributed by atoms with Gasteiger partial charge in [0.1, 0.15) is 0 Å². The topological polar surface area (TPSA) is 29.5 Å². The minimum absolute atomic E-state index is 0.197. The predicted octanol–water partition coefficient (Wildman–Crippen LogP) is 2.39.